The zero-order valence-electron chi connectivity index (χ0n) is 6.66. The molecule has 6 heteroatoms. The van der Waals surface area contributed by atoms with Gasteiger partial charge in [-0.2, -0.15) is 0 Å². The molecule has 0 aromatic rings. The Balaban J connectivity index is 3.09. The molecule has 0 aliphatic carbocycles. The van der Waals surface area contributed by atoms with Gasteiger partial charge in [0.25, 0.3) is 11.8 Å². The van der Waals surface area contributed by atoms with Gasteiger partial charge in [0, 0.05) is 0 Å². The first-order chi connectivity index (χ1) is 5.63. The van der Waals surface area contributed by atoms with Crippen molar-refractivity contribution in [3.05, 3.63) is 9.81 Å². The van der Waals surface area contributed by atoms with E-state index in [1.807, 2.05) is 0 Å². The fourth-order valence-electron chi connectivity index (χ4n) is 0.865. The van der Waals surface area contributed by atoms with Crippen LogP contribution in [0.2, 0.25) is 0 Å². The number of carbonyl (C=O) groups is 2. The van der Waals surface area contributed by atoms with E-state index in [4.69, 9.17) is 0 Å². The monoisotopic (exact) mass is 221 g/mol. The lowest BCUT2D eigenvalue weighted by Gasteiger charge is -2.04. The van der Waals surface area contributed by atoms with Crippen LogP contribution in [0.3, 0.4) is 0 Å². The SMILES string of the molecule is CSC1=C(SC)C(=O)N(P)C1=O. The topological polar surface area (TPSA) is 37.4 Å². The lowest BCUT2D eigenvalue weighted by atomic mass is 10.5. The number of nitrogens with zero attached hydrogens (tertiary/aromatic N) is 1. The Bertz CT molecular complexity index is 251. The zero-order chi connectivity index (χ0) is 9.30. The molecule has 0 saturated heterocycles. The molecule has 12 heavy (non-hydrogen) atoms. The molecule has 1 heterocycles. The Hall–Kier alpha value is 0.01000. The van der Waals surface area contributed by atoms with Crippen molar-refractivity contribution < 1.29 is 9.59 Å². The largest absolute Gasteiger partial charge is 0.271 e. The number of imide groups is 1. The summed E-state index contributed by atoms with van der Waals surface area (Å²) in [5.74, 6) is -0.441. The van der Waals surface area contributed by atoms with Gasteiger partial charge in [-0.3, -0.25) is 14.3 Å². The predicted molar refractivity (Wildman–Crippen MR) is 55.6 cm³/mol. The van der Waals surface area contributed by atoms with Gasteiger partial charge in [0.1, 0.15) is 0 Å². The molecule has 0 fully saturated rings. The third-order valence-electron chi connectivity index (χ3n) is 1.44. The Labute approximate surface area is 81.6 Å². The van der Waals surface area contributed by atoms with Crippen molar-refractivity contribution in [3.63, 3.8) is 0 Å². The molecule has 0 aromatic heterocycles. The Morgan fingerprint density at radius 2 is 1.42 bits per heavy atom. The minimum atomic E-state index is -0.221. The van der Waals surface area contributed by atoms with E-state index >= 15 is 0 Å². The molecule has 1 atom stereocenters. The molecule has 0 radical (unpaired) electrons. The van der Waals surface area contributed by atoms with E-state index in [1.54, 1.807) is 12.5 Å². The van der Waals surface area contributed by atoms with E-state index in [0.717, 1.165) is 4.67 Å². The van der Waals surface area contributed by atoms with Gasteiger partial charge in [-0.15, -0.1) is 23.5 Å². The molecule has 1 unspecified atom stereocenters. The standard InChI is InChI=1S/C6H8NO2PS2/c1-11-3-4(12-2)6(9)7(10)5(3)8/h10H2,1-2H3. The van der Waals surface area contributed by atoms with Gasteiger partial charge < -0.3 is 0 Å². The lowest BCUT2D eigenvalue weighted by molar-refractivity contribution is -0.130. The minimum absolute atomic E-state index is 0.221. The number of amides is 2. The molecule has 0 spiro atoms. The van der Waals surface area contributed by atoms with Gasteiger partial charge in [0.2, 0.25) is 0 Å². The van der Waals surface area contributed by atoms with E-state index < -0.39 is 0 Å². The first-order valence-corrected chi connectivity index (χ1v) is 6.05. The highest BCUT2D eigenvalue weighted by Crippen LogP contribution is 2.35. The molecule has 66 valence electrons. The van der Waals surface area contributed by atoms with Gasteiger partial charge in [-0.05, 0) is 21.9 Å². The molecule has 1 rings (SSSR count). The summed E-state index contributed by atoms with van der Waals surface area (Å²) in [5, 5.41) is 0. The maximum Gasteiger partial charge on any atom is 0.271 e. The van der Waals surface area contributed by atoms with Crippen LogP contribution in [0.5, 0.6) is 0 Å². The van der Waals surface area contributed by atoms with E-state index in [-0.39, 0.29) is 11.8 Å². The number of carbonyl (C=O) groups excluding carboxylic acids is 2. The van der Waals surface area contributed by atoms with Crippen LogP contribution < -0.4 is 0 Å². The summed E-state index contributed by atoms with van der Waals surface area (Å²) >= 11 is 2.63. The van der Waals surface area contributed by atoms with E-state index in [0.29, 0.717) is 9.81 Å². The second kappa shape index (κ2) is 3.81. The van der Waals surface area contributed by atoms with E-state index in [1.165, 1.54) is 23.5 Å². The number of rotatable bonds is 2. The number of thioether (sulfide) groups is 2. The average molecular weight is 221 g/mol. The maximum atomic E-state index is 11.3. The van der Waals surface area contributed by atoms with Gasteiger partial charge in [0.05, 0.1) is 9.81 Å². The van der Waals surface area contributed by atoms with Crippen molar-refractivity contribution in [2.24, 2.45) is 0 Å². The predicted octanol–water partition coefficient (Wildman–Crippen LogP) is 1.08. The van der Waals surface area contributed by atoms with E-state index in [9.17, 15) is 9.59 Å². The first kappa shape index (κ1) is 10.1. The molecule has 0 aromatic carbocycles. The summed E-state index contributed by atoms with van der Waals surface area (Å²) < 4.78 is 1.07. The summed E-state index contributed by atoms with van der Waals surface area (Å²) in [5.41, 5.74) is 0. The molecule has 0 N–H and O–H groups in total. The summed E-state index contributed by atoms with van der Waals surface area (Å²) in [6, 6.07) is 0. The van der Waals surface area contributed by atoms with Crippen LogP contribution in [0.15, 0.2) is 9.81 Å². The summed E-state index contributed by atoms with van der Waals surface area (Å²) in [6.45, 7) is 0. The number of hydrogen-bond acceptors (Lipinski definition) is 4. The smallest absolute Gasteiger partial charge is 0.268 e. The molecular formula is C6H8NO2PS2. The third-order valence-corrected chi connectivity index (χ3v) is 3.61. The summed E-state index contributed by atoms with van der Waals surface area (Å²) in [7, 11) is 2.12. The van der Waals surface area contributed by atoms with Crippen LogP contribution in [-0.4, -0.2) is 29.0 Å². The first-order valence-electron chi connectivity index (χ1n) is 3.09. The second-order valence-corrected chi connectivity index (χ2v) is 4.20. The quantitative estimate of drug-likeness (QED) is 0.516. The lowest BCUT2D eigenvalue weighted by Crippen LogP contribution is -2.19. The van der Waals surface area contributed by atoms with Crippen molar-refractivity contribution in [2.45, 2.75) is 0 Å². The Morgan fingerprint density at radius 3 is 1.67 bits per heavy atom. The van der Waals surface area contributed by atoms with Crippen molar-refractivity contribution in [3.8, 4) is 0 Å². The highest BCUT2D eigenvalue weighted by molar-refractivity contribution is 8.07. The van der Waals surface area contributed by atoms with Crippen LogP contribution in [-0.2, 0) is 9.59 Å². The minimum Gasteiger partial charge on any atom is -0.268 e. The molecule has 1 aliphatic heterocycles. The van der Waals surface area contributed by atoms with Crippen LogP contribution in [0.25, 0.3) is 0 Å². The van der Waals surface area contributed by atoms with Crippen molar-refractivity contribution in [1.29, 1.82) is 0 Å². The van der Waals surface area contributed by atoms with Crippen molar-refractivity contribution >= 4 is 44.7 Å². The van der Waals surface area contributed by atoms with Crippen molar-refractivity contribution in [1.82, 2.24) is 4.67 Å². The number of hydrogen-bond donors (Lipinski definition) is 0. The van der Waals surface area contributed by atoms with Gasteiger partial charge in [0.15, 0.2) is 0 Å². The van der Waals surface area contributed by atoms with Crippen LogP contribution >= 0.6 is 32.9 Å². The molecule has 1 aliphatic rings. The van der Waals surface area contributed by atoms with E-state index in [2.05, 4.69) is 9.39 Å². The van der Waals surface area contributed by atoms with Crippen molar-refractivity contribution in [2.75, 3.05) is 12.5 Å². The second-order valence-electron chi connectivity index (χ2n) is 2.05. The highest BCUT2D eigenvalue weighted by Gasteiger charge is 2.34. The highest BCUT2D eigenvalue weighted by atomic mass is 32.2. The third kappa shape index (κ3) is 1.41. The fourth-order valence-corrected chi connectivity index (χ4v) is 2.90. The van der Waals surface area contributed by atoms with Crippen LogP contribution in [0.1, 0.15) is 0 Å². The van der Waals surface area contributed by atoms with Crippen LogP contribution in [0, 0.1) is 0 Å². The fraction of sp³-hybridized carbons (Fsp3) is 0.333. The maximum absolute atomic E-state index is 11.3. The molecule has 0 bridgehead atoms. The van der Waals surface area contributed by atoms with Crippen LogP contribution in [0.4, 0.5) is 0 Å². The average Bonchev–Trinajstić information content (AvgIpc) is 2.29. The van der Waals surface area contributed by atoms with Gasteiger partial charge >= 0.3 is 0 Å². The molecule has 2 amide bonds. The molecule has 3 nitrogen and oxygen atoms in total. The Morgan fingerprint density at radius 1 is 1.08 bits per heavy atom. The molecular weight excluding hydrogens is 213 g/mol. The molecule has 0 saturated carbocycles. The normalized spacial score (nSPS) is 18.1. The van der Waals surface area contributed by atoms with Gasteiger partial charge in [-0.25, -0.2) is 0 Å². The summed E-state index contributed by atoms with van der Waals surface area (Å²) in [4.78, 5) is 23.7. The van der Waals surface area contributed by atoms with Gasteiger partial charge in [-0.1, -0.05) is 0 Å². The Kier molecular flexibility index (Phi) is 3.21. The zero-order valence-corrected chi connectivity index (χ0v) is 9.45. The summed E-state index contributed by atoms with van der Waals surface area (Å²) in [6.07, 6.45) is 3.58.